The van der Waals surface area contributed by atoms with Crippen molar-refractivity contribution in [2.24, 2.45) is 0 Å². The molecule has 148 valence electrons. The number of carbonyl (C=O) groups is 2. The van der Waals surface area contributed by atoms with E-state index in [4.69, 9.17) is 4.74 Å². The Morgan fingerprint density at radius 3 is 2.37 bits per heavy atom. The van der Waals surface area contributed by atoms with E-state index in [-0.39, 0.29) is 12.1 Å². The molecule has 1 amide bonds. The van der Waals surface area contributed by atoms with Gasteiger partial charge in [-0.05, 0) is 39.2 Å². The van der Waals surface area contributed by atoms with Gasteiger partial charge in [-0.15, -0.1) is 0 Å². The van der Waals surface area contributed by atoms with E-state index in [1.165, 1.54) is 0 Å². The summed E-state index contributed by atoms with van der Waals surface area (Å²) in [5.74, 6) is -0.941. The van der Waals surface area contributed by atoms with Crippen molar-refractivity contribution in [2.45, 2.75) is 70.2 Å². The first-order chi connectivity index (χ1) is 12.7. The summed E-state index contributed by atoms with van der Waals surface area (Å²) in [4.78, 5) is 23.8. The highest BCUT2D eigenvalue weighted by atomic mass is 16.6. The second-order valence-electron chi connectivity index (χ2n) is 7.90. The van der Waals surface area contributed by atoms with Gasteiger partial charge in [-0.1, -0.05) is 55.3 Å². The second kappa shape index (κ2) is 9.55. The number of aliphatic carboxylic acids is 1. The van der Waals surface area contributed by atoms with Crippen LogP contribution in [0.4, 0.5) is 4.79 Å². The first-order valence-electron chi connectivity index (χ1n) is 9.46. The molecule has 1 aliphatic carbocycles. The molecule has 1 aromatic carbocycles. The number of nitrogens with one attached hydrogen (secondary N) is 2. The van der Waals surface area contributed by atoms with Crippen LogP contribution in [0.1, 0.15) is 52.0 Å². The van der Waals surface area contributed by atoms with Gasteiger partial charge in [-0.2, -0.15) is 0 Å². The van der Waals surface area contributed by atoms with Crippen molar-refractivity contribution < 1.29 is 19.4 Å². The van der Waals surface area contributed by atoms with Crippen molar-refractivity contribution in [3.05, 3.63) is 42.0 Å². The zero-order valence-corrected chi connectivity index (χ0v) is 16.3. The smallest absolute Gasteiger partial charge is 0.407 e. The maximum absolute atomic E-state index is 12.1. The standard InChI is InChI=1S/C21H30N2O4/c1-21(2,3)27-20(26)23-17-12-8-7-11-16(17)22-18(19(24)25)14-13-15-9-5-4-6-10-15/h4-6,9-10,13-14,16-18,22H,7-8,11-12H2,1-3H3,(H,23,26)(H,24,25)/b14-13+/t16-,17-,18?/m0/s1. The van der Waals surface area contributed by atoms with E-state index in [1.807, 2.05) is 51.1 Å². The Balaban J connectivity index is 2.02. The summed E-state index contributed by atoms with van der Waals surface area (Å²) < 4.78 is 5.34. The van der Waals surface area contributed by atoms with Crippen molar-refractivity contribution in [3.63, 3.8) is 0 Å². The molecule has 6 nitrogen and oxygen atoms in total. The molecule has 3 atom stereocenters. The molecule has 3 N–H and O–H groups in total. The number of benzene rings is 1. The van der Waals surface area contributed by atoms with Gasteiger partial charge in [0.05, 0.1) is 0 Å². The van der Waals surface area contributed by atoms with Crippen LogP contribution in [0.15, 0.2) is 36.4 Å². The van der Waals surface area contributed by atoms with Gasteiger partial charge in [-0.3, -0.25) is 10.1 Å². The summed E-state index contributed by atoms with van der Waals surface area (Å²) in [5, 5.41) is 15.7. The van der Waals surface area contributed by atoms with E-state index < -0.39 is 23.7 Å². The third kappa shape index (κ3) is 7.43. The maximum Gasteiger partial charge on any atom is 0.407 e. The van der Waals surface area contributed by atoms with E-state index in [0.29, 0.717) is 0 Å². The van der Waals surface area contributed by atoms with Crippen molar-refractivity contribution in [2.75, 3.05) is 0 Å². The third-order valence-corrected chi connectivity index (χ3v) is 4.41. The molecular weight excluding hydrogens is 344 g/mol. The average Bonchev–Trinajstić information content (AvgIpc) is 2.59. The number of hydrogen-bond donors (Lipinski definition) is 3. The predicted octanol–water partition coefficient (Wildman–Crippen LogP) is 3.58. The van der Waals surface area contributed by atoms with Crippen LogP contribution in [-0.4, -0.2) is 40.9 Å². The summed E-state index contributed by atoms with van der Waals surface area (Å²) in [7, 11) is 0. The van der Waals surface area contributed by atoms with Crippen molar-refractivity contribution in [1.29, 1.82) is 0 Å². The lowest BCUT2D eigenvalue weighted by molar-refractivity contribution is -0.138. The van der Waals surface area contributed by atoms with Crippen molar-refractivity contribution >= 4 is 18.1 Å². The highest BCUT2D eigenvalue weighted by Crippen LogP contribution is 2.20. The average molecular weight is 374 g/mol. The number of ether oxygens (including phenoxy) is 1. The molecule has 6 heteroatoms. The molecule has 0 saturated heterocycles. The van der Waals surface area contributed by atoms with Crippen LogP contribution in [0.5, 0.6) is 0 Å². The molecule has 2 rings (SSSR count). The minimum atomic E-state index is -0.941. The summed E-state index contributed by atoms with van der Waals surface area (Å²) >= 11 is 0. The zero-order valence-electron chi connectivity index (χ0n) is 16.3. The molecule has 0 bridgehead atoms. The van der Waals surface area contributed by atoms with Crippen molar-refractivity contribution in [3.8, 4) is 0 Å². The first kappa shape index (κ1) is 21.0. The van der Waals surface area contributed by atoms with Crippen LogP contribution in [0.25, 0.3) is 6.08 Å². The SMILES string of the molecule is CC(C)(C)OC(=O)N[C@H]1CCCC[C@@H]1NC(/C=C/c1ccccc1)C(=O)O. The van der Waals surface area contributed by atoms with Gasteiger partial charge in [-0.25, -0.2) is 4.79 Å². The minimum absolute atomic E-state index is 0.118. The van der Waals surface area contributed by atoms with Gasteiger partial charge >= 0.3 is 12.1 Å². The molecule has 1 fully saturated rings. The molecule has 1 saturated carbocycles. The first-order valence-corrected chi connectivity index (χ1v) is 9.46. The van der Waals surface area contributed by atoms with Crippen molar-refractivity contribution in [1.82, 2.24) is 10.6 Å². The van der Waals surface area contributed by atoms with Crippen LogP contribution < -0.4 is 10.6 Å². The second-order valence-corrected chi connectivity index (χ2v) is 7.90. The summed E-state index contributed by atoms with van der Waals surface area (Å²) in [6.07, 6.45) is 6.58. The van der Waals surface area contributed by atoms with Crippen LogP contribution >= 0.6 is 0 Å². The summed E-state index contributed by atoms with van der Waals surface area (Å²) in [6, 6.07) is 8.48. The highest BCUT2D eigenvalue weighted by Gasteiger charge is 2.30. The fourth-order valence-corrected chi connectivity index (χ4v) is 3.17. The molecule has 1 aliphatic rings. The Hall–Kier alpha value is -2.34. The zero-order chi connectivity index (χ0) is 19.9. The van der Waals surface area contributed by atoms with Gasteiger partial charge in [0.2, 0.25) is 0 Å². The molecule has 0 aliphatic heterocycles. The van der Waals surface area contributed by atoms with E-state index in [2.05, 4.69) is 10.6 Å². The van der Waals surface area contributed by atoms with Crippen LogP contribution in [0.2, 0.25) is 0 Å². The number of amides is 1. The van der Waals surface area contributed by atoms with Gasteiger partial charge in [0.15, 0.2) is 0 Å². The lowest BCUT2D eigenvalue weighted by atomic mass is 9.89. The summed E-state index contributed by atoms with van der Waals surface area (Å²) in [6.45, 7) is 5.45. The van der Waals surface area contributed by atoms with E-state index >= 15 is 0 Å². The Bertz CT molecular complexity index is 652. The van der Waals surface area contributed by atoms with Gasteiger partial charge < -0.3 is 15.2 Å². The highest BCUT2D eigenvalue weighted by molar-refractivity contribution is 5.77. The Labute approximate surface area is 161 Å². The number of hydrogen-bond acceptors (Lipinski definition) is 4. The fraction of sp³-hybridized carbons (Fsp3) is 0.524. The number of carbonyl (C=O) groups excluding carboxylic acids is 1. The molecule has 0 spiro atoms. The molecule has 0 aromatic heterocycles. The van der Waals surface area contributed by atoms with Crippen LogP contribution in [0.3, 0.4) is 0 Å². The van der Waals surface area contributed by atoms with E-state index in [1.54, 1.807) is 12.2 Å². The largest absolute Gasteiger partial charge is 0.480 e. The number of alkyl carbamates (subject to hydrolysis) is 1. The quantitative estimate of drug-likeness (QED) is 0.708. The topological polar surface area (TPSA) is 87.7 Å². The maximum atomic E-state index is 12.1. The molecule has 0 radical (unpaired) electrons. The number of rotatable bonds is 6. The van der Waals surface area contributed by atoms with Gasteiger partial charge in [0.25, 0.3) is 0 Å². The monoisotopic (exact) mass is 374 g/mol. The lowest BCUT2D eigenvalue weighted by Crippen LogP contribution is -2.55. The van der Waals surface area contributed by atoms with Crippen LogP contribution in [0, 0.1) is 0 Å². The molecule has 0 heterocycles. The normalized spacial score (nSPS) is 21.6. The number of carboxylic acids is 1. The Kier molecular flexibility index (Phi) is 7.42. The minimum Gasteiger partial charge on any atom is -0.480 e. The Morgan fingerprint density at radius 2 is 1.78 bits per heavy atom. The number of carboxylic acid groups (broad SMARTS) is 1. The van der Waals surface area contributed by atoms with Crippen LogP contribution in [-0.2, 0) is 9.53 Å². The molecular formula is C21H30N2O4. The molecule has 27 heavy (non-hydrogen) atoms. The van der Waals surface area contributed by atoms with E-state index in [0.717, 1.165) is 31.2 Å². The lowest BCUT2D eigenvalue weighted by Gasteiger charge is -2.34. The fourth-order valence-electron chi connectivity index (χ4n) is 3.17. The van der Waals surface area contributed by atoms with E-state index in [9.17, 15) is 14.7 Å². The summed E-state index contributed by atoms with van der Waals surface area (Å²) in [5.41, 5.74) is 0.376. The third-order valence-electron chi connectivity index (χ3n) is 4.41. The Morgan fingerprint density at radius 1 is 1.15 bits per heavy atom. The van der Waals surface area contributed by atoms with Gasteiger partial charge in [0, 0.05) is 12.1 Å². The molecule has 1 unspecified atom stereocenters. The predicted molar refractivity (Wildman–Crippen MR) is 105 cm³/mol. The van der Waals surface area contributed by atoms with Gasteiger partial charge in [0.1, 0.15) is 11.6 Å². The molecule has 1 aromatic rings.